The maximum Gasteiger partial charge on any atom is 0.0697 e. The summed E-state index contributed by atoms with van der Waals surface area (Å²) in [5.74, 6) is 0.810. The van der Waals surface area contributed by atoms with Crippen LogP contribution in [-0.4, -0.2) is 34.7 Å². The van der Waals surface area contributed by atoms with E-state index in [0.717, 1.165) is 43.8 Å². The first-order chi connectivity index (χ1) is 10.4. The smallest absolute Gasteiger partial charge is 0.0697 e. The summed E-state index contributed by atoms with van der Waals surface area (Å²) in [6, 6.07) is 6.37. The molecule has 2 aliphatic heterocycles. The van der Waals surface area contributed by atoms with E-state index in [9.17, 15) is 5.11 Å². The normalized spacial score (nSPS) is 33.0. The Bertz CT molecular complexity index is 548. The second-order valence-electron chi connectivity index (χ2n) is 7.30. The highest BCUT2D eigenvalue weighted by molar-refractivity contribution is 6.35. The molecule has 2 fully saturated rings. The minimum absolute atomic E-state index is 0.332. The van der Waals surface area contributed by atoms with Crippen LogP contribution in [0.1, 0.15) is 51.0 Å². The number of rotatable bonds is 2. The Kier molecular flexibility index (Phi) is 4.76. The molecule has 1 N–H and O–H groups in total. The Labute approximate surface area is 143 Å². The monoisotopic (exact) mass is 341 g/mol. The third-order valence-electron chi connectivity index (χ3n) is 5.72. The molecule has 22 heavy (non-hydrogen) atoms. The predicted octanol–water partition coefficient (Wildman–Crippen LogP) is 4.72. The van der Waals surface area contributed by atoms with Gasteiger partial charge in [-0.3, -0.25) is 4.90 Å². The largest absolute Gasteiger partial charge is 0.390 e. The first kappa shape index (κ1) is 16.6. The number of hydrogen-bond acceptors (Lipinski definition) is 2. The molecule has 3 rings (SSSR count). The number of aliphatic hydroxyl groups is 1. The average Bonchev–Trinajstić information content (AvgIpc) is 2.47. The molecule has 0 aromatic heterocycles. The molecule has 2 heterocycles. The van der Waals surface area contributed by atoms with Crippen molar-refractivity contribution in [3.05, 3.63) is 33.8 Å². The molecule has 0 radical (unpaired) electrons. The van der Waals surface area contributed by atoms with Gasteiger partial charge >= 0.3 is 0 Å². The molecule has 2 aliphatic rings. The van der Waals surface area contributed by atoms with Gasteiger partial charge in [0.2, 0.25) is 0 Å². The predicted molar refractivity (Wildman–Crippen MR) is 92.8 cm³/mol. The second-order valence-corrected chi connectivity index (χ2v) is 8.14. The Morgan fingerprint density at radius 3 is 2.73 bits per heavy atom. The summed E-state index contributed by atoms with van der Waals surface area (Å²) in [5, 5.41) is 12.3. The fraction of sp³-hybridized carbons (Fsp3) is 0.667. The van der Waals surface area contributed by atoms with E-state index >= 15 is 0 Å². The van der Waals surface area contributed by atoms with Crippen molar-refractivity contribution in [1.82, 2.24) is 4.90 Å². The fourth-order valence-corrected chi connectivity index (χ4v) is 4.63. The molecular formula is C18H25Cl2NO. The molecule has 0 amide bonds. The van der Waals surface area contributed by atoms with Gasteiger partial charge in [-0.2, -0.15) is 0 Å². The van der Waals surface area contributed by atoms with Crippen molar-refractivity contribution < 1.29 is 5.11 Å². The lowest BCUT2D eigenvalue weighted by atomic mass is 9.74. The van der Waals surface area contributed by atoms with E-state index in [1.54, 1.807) is 0 Å². The maximum absolute atomic E-state index is 10.8. The van der Waals surface area contributed by atoms with Gasteiger partial charge in [0.15, 0.2) is 0 Å². The molecule has 0 saturated carbocycles. The van der Waals surface area contributed by atoms with Crippen LogP contribution in [0, 0.1) is 5.92 Å². The molecule has 0 unspecified atom stereocenters. The van der Waals surface area contributed by atoms with Crippen molar-refractivity contribution in [1.29, 1.82) is 0 Å². The first-order valence-corrected chi connectivity index (χ1v) is 9.06. The van der Waals surface area contributed by atoms with E-state index < -0.39 is 5.60 Å². The number of hydrogen-bond donors (Lipinski definition) is 1. The van der Waals surface area contributed by atoms with Crippen LogP contribution in [0.3, 0.4) is 0 Å². The van der Waals surface area contributed by atoms with E-state index in [1.807, 2.05) is 12.1 Å². The van der Waals surface area contributed by atoms with Crippen molar-refractivity contribution >= 4 is 23.2 Å². The van der Waals surface area contributed by atoms with Crippen LogP contribution in [0.5, 0.6) is 0 Å². The highest BCUT2D eigenvalue weighted by atomic mass is 35.5. The lowest BCUT2D eigenvalue weighted by Crippen LogP contribution is -2.55. The number of nitrogens with zero attached hydrogens (tertiary/aromatic N) is 1. The van der Waals surface area contributed by atoms with E-state index in [0.29, 0.717) is 22.9 Å². The average molecular weight is 342 g/mol. The fourth-order valence-electron chi connectivity index (χ4n) is 4.06. The van der Waals surface area contributed by atoms with Gasteiger partial charge in [0, 0.05) is 29.2 Å². The van der Waals surface area contributed by atoms with Gasteiger partial charge in [-0.15, -0.1) is 0 Å². The van der Waals surface area contributed by atoms with E-state index in [2.05, 4.69) is 24.8 Å². The van der Waals surface area contributed by atoms with Gasteiger partial charge in [0.25, 0.3) is 0 Å². The molecule has 0 bridgehead atoms. The lowest BCUT2D eigenvalue weighted by Gasteiger charge is -2.49. The second kappa shape index (κ2) is 6.32. The van der Waals surface area contributed by atoms with Crippen LogP contribution in [0.4, 0.5) is 0 Å². The lowest BCUT2D eigenvalue weighted by molar-refractivity contribution is -0.0871. The zero-order valence-corrected chi connectivity index (χ0v) is 14.9. The van der Waals surface area contributed by atoms with Crippen molar-refractivity contribution in [3.63, 3.8) is 0 Å². The molecule has 4 heteroatoms. The van der Waals surface area contributed by atoms with E-state index in [1.165, 1.54) is 5.56 Å². The molecule has 0 aliphatic carbocycles. The Morgan fingerprint density at radius 1 is 1.27 bits per heavy atom. The third-order valence-corrected chi connectivity index (χ3v) is 6.28. The number of halogens is 2. The highest BCUT2D eigenvalue weighted by Crippen LogP contribution is 2.41. The topological polar surface area (TPSA) is 23.5 Å². The standard InChI is InChI=1S/C18H25Cl2NO/c1-12(2)18(22)7-8-21-11-13(3-5-15(21)10-18)16-6-4-14(19)9-17(16)20/h4,6,9,12-13,15,22H,3,5,7-8,10-11H2,1-2H3/t13-,15+,18-/m0/s1. The summed E-state index contributed by atoms with van der Waals surface area (Å²) in [6.45, 7) is 6.30. The molecule has 1 aromatic rings. The highest BCUT2D eigenvalue weighted by Gasteiger charge is 2.42. The van der Waals surface area contributed by atoms with Gasteiger partial charge < -0.3 is 5.11 Å². The van der Waals surface area contributed by atoms with Gasteiger partial charge in [0.05, 0.1) is 5.60 Å². The van der Waals surface area contributed by atoms with Crippen LogP contribution in [-0.2, 0) is 0 Å². The zero-order chi connectivity index (χ0) is 15.9. The van der Waals surface area contributed by atoms with Crippen molar-refractivity contribution in [2.45, 2.75) is 57.1 Å². The van der Waals surface area contributed by atoms with Crippen molar-refractivity contribution in [2.24, 2.45) is 5.92 Å². The molecule has 122 valence electrons. The summed E-state index contributed by atoms with van der Waals surface area (Å²) in [7, 11) is 0. The summed E-state index contributed by atoms with van der Waals surface area (Å²) >= 11 is 12.4. The minimum Gasteiger partial charge on any atom is -0.390 e. The molecule has 1 aromatic carbocycles. The molecule has 3 atom stereocenters. The Hall–Kier alpha value is -0.280. The van der Waals surface area contributed by atoms with Gasteiger partial charge in [-0.1, -0.05) is 43.1 Å². The third kappa shape index (κ3) is 3.17. The van der Waals surface area contributed by atoms with Crippen LogP contribution in [0.15, 0.2) is 18.2 Å². The van der Waals surface area contributed by atoms with Crippen molar-refractivity contribution in [3.8, 4) is 0 Å². The number of fused-ring (bicyclic) bond motifs is 1. The molecule has 0 spiro atoms. The zero-order valence-electron chi connectivity index (χ0n) is 13.4. The number of piperidine rings is 2. The maximum atomic E-state index is 10.8. The molecule has 2 nitrogen and oxygen atoms in total. The first-order valence-electron chi connectivity index (χ1n) is 8.30. The molecular weight excluding hydrogens is 317 g/mol. The summed E-state index contributed by atoms with van der Waals surface area (Å²) in [4.78, 5) is 2.55. The SMILES string of the molecule is CC(C)[C@]1(O)CCN2C[C@@H](c3ccc(Cl)cc3Cl)CC[C@@H]2C1. The van der Waals surface area contributed by atoms with Gasteiger partial charge in [-0.25, -0.2) is 0 Å². The summed E-state index contributed by atoms with van der Waals surface area (Å²) in [5.41, 5.74) is 0.737. The summed E-state index contributed by atoms with van der Waals surface area (Å²) < 4.78 is 0. The Morgan fingerprint density at radius 2 is 2.05 bits per heavy atom. The van der Waals surface area contributed by atoms with Gasteiger partial charge in [-0.05, 0) is 55.2 Å². The van der Waals surface area contributed by atoms with E-state index in [4.69, 9.17) is 23.2 Å². The molecule has 2 saturated heterocycles. The van der Waals surface area contributed by atoms with Crippen LogP contribution in [0.2, 0.25) is 10.0 Å². The van der Waals surface area contributed by atoms with Crippen LogP contribution in [0.25, 0.3) is 0 Å². The minimum atomic E-state index is -0.480. The quantitative estimate of drug-likeness (QED) is 0.840. The van der Waals surface area contributed by atoms with Gasteiger partial charge in [0.1, 0.15) is 0 Å². The summed E-state index contributed by atoms with van der Waals surface area (Å²) in [6.07, 6.45) is 4.06. The van der Waals surface area contributed by atoms with E-state index in [-0.39, 0.29) is 0 Å². The Balaban J connectivity index is 1.71. The van der Waals surface area contributed by atoms with Crippen LogP contribution >= 0.6 is 23.2 Å². The number of benzene rings is 1. The van der Waals surface area contributed by atoms with Crippen LogP contribution < -0.4 is 0 Å². The van der Waals surface area contributed by atoms with Crippen molar-refractivity contribution in [2.75, 3.05) is 13.1 Å².